The highest BCUT2D eigenvalue weighted by molar-refractivity contribution is 7.84. The largest absolute Gasteiger partial charge is 0.399 e. The van der Waals surface area contributed by atoms with Crippen LogP contribution in [0, 0.1) is 0 Å². The lowest BCUT2D eigenvalue weighted by molar-refractivity contribution is 0.252. The number of anilines is 2. The van der Waals surface area contributed by atoms with Crippen molar-refractivity contribution in [2.75, 3.05) is 29.1 Å². The van der Waals surface area contributed by atoms with Gasteiger partial charge in [0.1, 0.15) is 0 Å². The summed E-state index contributed by atoms with van der Waals surface area (Å²) in [6, 6.07) is 6.61. The third kappa shape index (κ3) is 5.35. The van der Waals surface area contributed by atoms with Crippen LogP contribution in [0.4, 0.5) is 16.2 Å². The Morgan fingerprint density at radius 1 is 1.47 bits per heavy atom. The fraction of sp³-hybridized carbons (Fsp3) is 0.364. The van der Waals surface area contributed by atoms with E-state index in [4.69, 9.17) is 5.73 Å². The molecule has 0 aliphatic rings. The van der Waals surface area contributed by atoms with Gasteiger partial charge in [0, 0.05) is 40.2 Å². The molecule has 6 heteroatoms. The zero-order valence-corrected chi connectivity index (χ0v) is 10.5. The number of amides is 2. The second kappa shape index (κ2) is 6.90. The second-order valence-corrected chi connectivity index (χ2v) is 5.30. The van der Waals surface area contributed by atoms with Gasteiger partial charge in [-0.25, -0.2) is 4.79 Å². The first kappa shape index (κ1) is 13.5. The number of carbonyl (C=O) groups excluding carboxylic acids is 1. The van der Waals surface area contributed by atoms with Gasteiger partial charge in [-0.05, 0) is 18.2 Å². The maximum atomic E-state index is 11.4. The van der Waals surface area contributed by atoms with E-state index in [0.29, 0.717) is 29.4 Å². The van der Waals surface area contributed by atoms with Gasteiger partial charge in [-0.3, -0.25) is 4.21 Å². The standard InChI is InChI=1S/C11H17N3O2S/c1-2-17(16)7-6-13-11(15)14-10-5-3-4-9(12)8-10/h3-5,8H,2,6-7,12H2,1H3,(H2,13,14,15). The molecule has 0 heterocycles. The number of nitrogens with two attached hydrogens (primary N) is 1. The van der Waals surface area contributed by atoms with Crippen molar-refractivity contribution >= 4 is 28.2 Å². The molecule has 1 atom stereocenters. The van der Waals surface area contributed by atoms with Gasteiger partial charge in [0.25, 0.3) is 0 Å². The summed E-state index contributed by atoms with van der Waals surface area (Å²) in [5, 5.41) is 5.28. The van der Waals surface area contributed by atoms with Gasteiger partial charge in [0.15, 0.2) is 0 Å². The van der Waals surface area contributed by atoms with Crippen LogP contribution >= 0.6 is 0 Å². The van der Waals surface area contributed by atoms with Crippen molar-refractivity contribution in [3.05, 3.63) is 24.3 Å². The fourth-order valence-electron chi connectivity index (χ4n) is 1.21. The first-order valence-electron chi connectivity index (χ1n) is 5.37. The van der Waals surface area contributed by atoms with Crippen molar-refractivity contribution in [2.24, 2.45) is 0 Å². The van der Waals surface area contributed by atoms with E-state index in [9.17, 15) is 9.00 Å². The van der Waals surface area contributed by atoms with Gasteiger partial charge in [0.05, 0.1) is 0 Å². The van der Waals surface area contributed by atoms with E-state index in [1.165, 1.54) is 0 Å². The topological polar surface area (TPSA) is 84.2 Å². The van der Waals surface area contributed by atoms with Gasteiger partial charge in [-0.15, -0.1) is 0 Å². The molecule has 0 radical (unpaired) electrons. The average molecular weight is 255 g/mol. The molecule has 0 saturated carbocycles. The molecule has 1 aromatic carbocycles. The normalized spacial score (nSPS) is 11.8. The van der Waals surface area contributed by atoms with E-state index in [1.54, 1.807) is 24.3 Å². The van der Waals surface area contributed by atoms with Crippen LogP contribution in [0.15, 0.2) is 24.3 Å². The van der Waals surface area contributed by atoms with Gasteiger partial charge < -0.3 is 16.4 Å². The Kier molecular flexibility index (Phi) is 5.48. The Morgan fingerprint density at radius 3 is 2.88 bits per heavy atom. The van der Waals surface area contributed by atoms with E-state index in [0.717, 1.165) is 0 Å². The van der Waals surface area contributed by atoms with Crippen LogP contribution in [0.5, 0.6) is 0 Å². The number of carbonyl (C=O) groups is 1. The first-order chi connectivity index (χ1) is 8.11. The molecule has 17 heavy (non-hydrogen) atoms. The lowest BCUT2D eigenvalue weighted by atomic mass is 10.3. The number of hydrogen-bond donors (Lipinski definition) is 3. The van der Waals surface area contributed by atoms with Crippen LogP contribution in [0.1, 0.15) is 6.92 Å². The van der Waals surface area contributed by atoms with Gasteiger partial charge in [-0.1, -0.05) is 13.0 Å². The summed E-state index contributed by atoms with van der Waals surface area (Å²) in [6.45, 7) is 2.25. The minimum Gasteiger partial charge on any atom is -0.399 e. The van der Waals surface area contributed by atoms with E-state index in [-0.39, 0.29) is 6.03 Å². The van der Waals surface area contributed by atoms with Crippen molar-refractivity contribution in [3.8, 4) is 0 Å². The Morgan fingerprint density at radius 2 is 2.24 bits per heavy atom. The number of urea groups is 1. The van der Waals surface area contributed by atoms with Crippen LogP contribution in [0.3, 0.4) is 0 Å². The summed E-state index contributed by atoms with van der Waals surface area (Å²) >= 11 is 0. The van der Waals surface area contributed by atoms with Crippen molar-refractivity contribution in [1.82, 2.24) is 5.32 Å². The predicted molar refractivity (Wildman–Crippen MR) is 71.4 cm³/mol. The molecule has 1 aromatic rings. The fourth-order valence-corrected chi connectivity index (χ4v) is 1.83. The quantitative estimate of drug-likeness (QED) is 0.690. The van der Waals surface area contributed by atoms with E-state index in [2.05, 4.69) is 10.6 Å². The maximum absolute atomic E-state index is 11.4. The molecule has 94 valence electrons. The summed E-state index contributed by atoms with van der Waals surface area (Å²) in [5.74, 6) is 1.08. The van der Waals surface area contributed by atoms with Gasteiger partial charge >= 0.3 is 6.03 Å². The lowest BCUT2D eigenvalue weighted by Gasteiger charge is -2.07. The second-order valence-electron chi connectivity index (χ2n) is 3.44. The minimum atomic E-state index is -0.856. The van der Waals surface area contributed by atoms with Gasteiger partial charge in [0.2, 0.25) is 0 Å². The average Bonchev–Trinajstić information content (AvgIpc) is 2.28. The molecular formula is C11H17N3O2S. The Labute approximate surface area is 103 Å². The molecule has 0 fully saturated rings. The number of nitrogens with one attached hydrogen (secondary N) is 2. The highest BCUT2D eigenvalue weighted by Crippen LogP contribution is 2.11. The van der Waals surface area contributed by atoms with E-state index in [1.807, 2.05) is 6.92 Å². The lowest BCUT2D eigenvalue weighted by Crippen LogP contribution is -2.32. The third-order valence-corrected chi connectivity index (χ3v) is 3.39. The molecule has 0 spiro atoms. The van der Waals surface area contributed by atoms with Crippen LogP contribution in [0.25, 0.3) is 0 Å². The van der Waals surface area contributed by atoms with Crippen LogP contribution in [-0.4, -0.2) is 28.3 Å². The molecule has 0 aromatic heterocycles. The highest BCUT2D eigenvalue weighted by Gasteiger charge is 2.02. The molecule has 4 N–H and O–H groups in total. The van der Waals surface area contributed by atoms with Crippen molar-refractivity contribution in [1.29, 1.82) is 0 Å². The van der Waals surface area contributed by atoms with Crippen LogP contribution in [0.2, 0.25) is 0 Å². The van der Waals surface area contributed by atoms with E-state index >= 15 is 0 Å². The first-order valence-corrected chi connectivity index (χ1v) is 6.86. The zero-order valence-electron chi connectivity index (χ0n) is 9.73. The summed E-state index contributed by atoms with van der Waals surface area (Å²) in [5.41, 5.74) is 6.81. The molecule has 1 unspecified atom stereocenters. The molecule has 0 aliphatic heterocycles. The molecular weight excluding hydrogens is 238 g/mol. The summed E-state index contributed by atoms with van der Waals surface area (Å²) < 4.78 is 11.1. The third-order valence-electron chi connectivity index (χ3n) is 2.08. The van der Waals surface area contributed by atoms with Crippen molar-refractivity contribution in [2.45, 2.75) is 6.92 Å². The molecule has 1 rings (SSSR count). The minimum absolute atomic E-state index is 0.316. The monoisotopic (exact) mass is 255 g/mol. The molecule has 0 saturated heterocycles. The Bertz CT molecular complexity index is 409. The zero-order chi connectivity index (χ0) is 12.7. The number of hydrogen-bond acceptors (Lipinski definition) is 3. The van der Waals surface area contributed by atoms with Crippen LogP contribution < -0.4 is 16.4 Å². The van der Waals surface area contributed by atoms with Crippen molar-refractivity contribution < 1.29 is 9.00 Å². The number of rotatable bonds is 5. The Balaban J connectivity index is 2.32. The highest BCUT2D eigenvalue weighted by atomic mass is 32.2. The molecule has 5 nitrogen and oxygen atoms in total. The SMILES string of the molecule is CCS(=O)CCNC(=O)Nc1cccc(N)c1. The maximum Gasteiger partial charge on any atom is 0.319 e. The predicted octanol–water partition coefficient (Wildman–Crippen LogP) is 1.16. The van der Waals surface area contributed by atoms with Crippen LogP contribution in [-0.2, 0) is 10.8 Å². The van der Waals surface area contributed by atoms with Crippen molar-refractivity contribution in [3.63, 3.8) is 0 Å². The number of nitrogen functional groups attached to an aromatic ring is 1. The summed E-state index contributed by atoms with van der Waals surface area (Å²) in [7, 11) is -0.856. The smallest absolute Gasteiger partial charge is 0.319 e. The Hall–Kier alpha value is -1.56. The summed E-state index contributed by atoms with van der Waals surface area (Å²) in [6.07, 6.45) is 0. The molecule has 0 bridgehead atoms. The van der Waals surface area contributed by atoms with E-state index < -0.39 is 10.8 Å². The molecule has 0 aliphatic carbocycles. The summed E-state index contributed by atoms with van der Waals surface area (Å²) in [4.78, 5) is 11.4. The van der Waals surface area contributed by atoms with Gasteiger partial charge in [-0.2, -0.15) is 0 Å². The molecule has 2 amide bonds. The number of benzene rings is 1.